The molecule has 0 radical (unpaired) electrons. The van der Waals surface area contributed by atoms with Crippen molar-refractivity contribution in [2.75, 3.05) is 22.7 Å². The summed E-state index contributed by atoms with van der Waals surface area (Å²) in [6, 6.07) is 7.15. The molecule has 4 rings (SSSR count). The highest BCUT2D eigenvalue weighted by Crippen LogP contribution is 2.33. The van der Waals surface area contributed by atoms with Gasteiger partial charge in [0.05, 0.1) is 11.4 Å². The van der Waals surface area contributed by atoms with E-state index in [0.717, 1.165) is 50.4 Å². The molecule has 1 aliphatic rings. The number of aromatic nitrogens is 1. The Bertz CT molecular complexity index is 1420. The third kappa shape index (κ3) is 5.78. The Morgan fingerprint density at radius 3 is 2.45 bits per heavy atom. The van der Waals surface area contributed by atoms with Crippen molar-refractivity contribution in [3.05, 3.63) is 65.7 Å². The average Bonchev–Trinajstić information content (AvgIpc) is 3.52. The number of nitrogens with one attached hydrogen (secondary N) is 1. The van der Waals surface area contributed by atoms with Crippen LogP contribution in [0.15, 0.2) is 52.1 Å². The van der Waals surface area contributed by atoms with E-state index in [1.54, 1.807) is 6.07 Å². The lowest BCUT2D eigenvalue weighted by atomic mass is 10.1. The topological polar surface area (TPSA) is 105 Å². The van der Waals surface area contributed by atoms with Crippen molar-refractivity contribution in [1.82, 2.24) is 10.1 Å². The molecule has 2 aromatic carbocycles. The second kappa shape index (κ2) is 10.7. The van der Waals surface area contributed by atoms with Crippen LogP contribution < -0.4 is 9.62 Å². The van der Waals surface area contributed by atoms with Crippen LogP contribution in [0.3, 0.4) is 0 Å². The number of hydrogen-bond acceptors (Lipinski definition) is 8. The SMILES string of the molecule is CC(C)(C)OC(=O)N(c1ccon1)S(=O)(=O)c1ccc(Nc2c(F)cccc2CN2CCCC2)c(F)c1F. The normalized spacial score (nSPS) is 14.5. The van der Waals surface area contributed by atoms with Crippen LogP contribution in [0, 0.1) is 17.5 Å². The Balaban J connectivity index is 1.69. The lowest BCUT2D eigenvalue weighted by molar-refractivity contribution is 0.0607. The van der Waals surface area contributed by atoms with Gasteiger partial charge < -0.3 is 14.6 Å². The smallest absolute Gasteiger partial charge is 0.430 e. The second-order valence-corrected chi connectivity index (χ2v) is 11.5. The number of carbonyl (C=O) groups is 1. The van der Waals surface area contributed by atoms with Gasteiger partial charge in [0.1, 0.15) is 22.6 Å². The van der Waals surface area contributed by atoms with Gasteiger partial charge in [0, 0.05) is 12.6 Å². The summed E-state index contributed by atoms with van der Waals surface area (Å²) in [5.41, 5.74) is -1.12. The molecular weight excluding hydrogens is 525 g/mol. The Hall–Kier alpha value is -3.58. The first-order chi connectivity index (χ1) is 17.9. The molecule has 2 heterocycles. The van der Waals surface area contributed by atoms with E-state index >= 15 is 8.78 Å². The largest absolute Gasteiger partial charge is 0.443 e. The first kappa shape index (κ1) is 27.5. The predicted octanol–water partition coefficient (Wildman–Crippen LogP) is 5.56. The molecule has 0 unspecified atom stereocenters. The first-order valence-corrected chi connectivity index (χ1v) is 13.3. The molecule has 1 amide bonds. The molecular formula is C25H27F3N4O5S. The lowest BCUT2D eigenvalue weighted by Crippen LogP contribution is -2.41. The minimum Gasteiger partial charge on any atom is -0.443 e. The van der Waals surface area contributed by atoms with Crippen molar-refractivity contribution in [2.45, 2.75) is 50.7 Å². The van der Waals surface area contributed by atoms with Gasteiger partial charge in [-0.15, -0.1) is 4.31 Å². The van der Waals surface area contributed by atoms with Crippen LogP contribution in [0.1, 0.15) is 39.2 Å². The molecule has 38 heavy (non-hydrogen) atoms. The quantitative estimate of drug-likeness (QED) is 0.406. The molecule has 1 aliphatic heterocycles. The Labute approximate surface area is 218 Å². The maximum atomic E-state index is 15.3. The number of sulfonamides is 1. The van der Waals surface area contributed by atoms with Crippen molar-refractivity contribution in [2.24, 2.45) is 0 Å². The van der Waals surface area contributed by atoms with E-state index in [-0.39, 0.29) is 9.99 Å². The maximum Gasteiger partial charge on any atom is 0.430 e. The van der Waals surface area contributed by atoms with Crippen LogP contribution in [0.2, 0.25) is 0 Å². The maximum absolute atomic E-state index is 15.3. The molecule has 0 bridgehead atoms. The fraction of sp³-hybridized carbons (Fsp3) is 0.360. The molecule has 204 valence electrons. The van der Waals surface area contributed by atoms with Gasteiger partial charge in [0.2, 0.25) is 0 Å². The van der Waals surface area contributed by atoms with E-state index in [1.807, 2.05) is 0 Å². The van der Waals surface area contributed by atoms with Crippen molar-refractivity contribution < 1.29 is 35.6 Å². The number of hydrogen-bond donors (Lipinski definition) is 1. The molecule has 1 saturated heterocycles. The zero-order valence-corrected chi connectivity index (χ0v) is 21.8. The average molecular weight is 553 g/mol. The minimum absolute atomic E-state index is 0.0497. The number of amides is 1. The number of halogens is 3. The number of anilines is 3. The summed E-state index contributed by atoms with van der Waals surface area (Å²) in [5, 5.41) is 6.01. The number of rotatable bonds is 7. The second-order valence-electron chi connectivity index (χ2n) is 9.73. The molecule has 13 heteroatoms. The zero-order valence-electron chi connectivity index (χ0n) is 21.0. The number of carbonyl (C=O) groups excluding carboxylic acids is 1. The van der Waals surface area contributed by atoms with E-state index in [1.165, 1.54) is 32.9 Å². The number of nitrogens with zero attached hydrogens (tertiary/aromatic N) is 3. The summed E-state index contributed by atoms with van der Waals surface area (Å²) in [5.74, 6) is -4.55. The number of ether oxygens (including phenoxy) is 1. The molecule has 0 spiro atoms. The van der Waals surface area contributed by atoms with E-state index < -0.39 is 55.6 Å². The van der Waals surface area contributed by atoms with Gasteiger partial charge in [-0.3, -0.25) is 4.90 Å². The van der Waals surface area contributed by atoms with E-state index in [9.17, 15) is 17.6 Å². The summed E-state index contributed by atoms with van der Waals surface area (Å²) in [7, 11) is -5.06. The number of likely N-dealkylation sites (tertiary alicyclic amines) is 1. The lowest BCUT2D eigenvalue weighted by Gasteiger charge is -2.25. The molecule has 9 nitrogen and oxygen atoms in total. The van der Waals surface area contributed by atoms with Crippen LogP contribution >= 0.6 is 0 Å². The molecule has 1 aromatic heterocycles. The first-order valence-electron chi connectivity index (χ1n) is 11.8. The predicted molar refractivity (Wildman–Crippen MR) is 133 cm³/mol. The van der Waals surface area contributed by atoms with Crippen molar-refractivity contribution in [1.29, 1.82) is 0 Å². The van der Waals surface area contributed by atoms with Gasteiger partial charge in [-0.2, -0.15) is 0 Å². The minimum atomic E-state index is -5.06. The van der Waals surface area contributed by atoms with Crippen LogP contribution in [0.5, 0.6) is 0 Å². The van der Waals surface area contributed by atoms with Gasteiger partial charge in [-0.1, -0.05) is 17.3 Å². The van der Waals surface area contributed by atoms with Gasteiger partial charge >= 0.3 is 6.09 Å². The Morgan fingerprint density at radius 2 is 1.82 bits per heavy atom. The summed E-state index contributed by atoms with van der Waals surface area (Å²) in [6.07, 6.45) is 1.64. The van der Waals surface area contributed by atoms with E-state index in [2.05, 4.69) is 19.9 Å². The summed E-state index contributed by atoms with van der Waals surface area (Å²) >= 11 is 0. The van der Waals surface area contributed by atoms with E-state index in [4.69, 9.17) is 4.74 Å². The highest BCUT2D eigenvalue weighted by atomic mass is 32.2. The monoisotopic (exact) mass is 552 g/mol. The Morgan fingerprint density at radius 1 is 1.11 bits per heavy atom. The fourth-order valence-electron chi connectivity index (χ4n) is 4.01. The van der Waals surface area contributed by atoms with Crippen LogP contribution in [0.25, 0.3) is 0 Å². The molecule has 0 saturated carbocycles. The number of para-hydroxylation sites is 1. The Kier molecular flexibility index (Phi) is 7.70. The number of benzene rings is 2. The summed E-state index contributed by atoms with van der Waals surface area (Å²) in [6.45, 7) is 6.58. The fourth-order valence-corrected chi connectivity index (χ4v) is 5.34. The highest BCUT2D eigenvalue weighted by Gasteiger charge is 2.39. The molecule has 3 aromatic rings. The summed E-state index contributed by atoms with van der Waals surface area (Å²) in [4.78, 5) is 13.7. The molecule has 1 N–H and O–H groups in total. The van der Waals surface area contributed by atoms with Gasteiger partial charge in [0.15, 0.2) is 17.5 Å². The summed E-state index contributed by atoms with van der Waals surface area (Å²) < 4.78 is 81.8. The van der Waals surface area contributed by atoms with Gasteiger partial charge in [0.25, 0.3) is 10.0 Å². The standard InChI is InChI=1S/C25H27F3N4O5S/c1-25(2,3)37-24(33)32(20-11-14-36-30-20)38(34,35)19-10-9-18(21(27)22(19)28)29-23-16(7-6-8-17(23)26)15-31-12-4-5-13-31/h6-11,14,29H,4-5,12-13,15H2,1-3H3. The zero-order chi connectivity index (χ0) is 27.7. The van der Waals surface area contributed by atoms with Crippen LogP contribution in [-0.4, -0.2) is 43.3 Å². The highest BCUT2D eigenvalue weighted by molar-refractivity contribution is 7.93. The van der Waals surface area contributed by atoms with Crippen molar-refractivity contribution in [3.63, 3.8) is 0 Å². The third-order valence-corrected chi connectivity index (χ3v) is 7.40. The van der Waals surface area contributed by atoms with E-state index in [0.29, 0.717) is 12.1 Å². The van der Waals surface area contributed by atoms with Crippen molar-refractivity contribution in [3.8, 4) is 0 Å². The van der Waals surface area contributed by atoms with Gasteiger partial charge in [-0.05, 0) is 70.5 Å². The van der Waals surface area contributed by atoms with Crippen molar-refractivity contribution >= 4 is 33.3 Å². The van der Waals surface area contributed by atoms with Gasteiger partial charge in [-0.25, -0.2) is 26.4 Å². The van der Waals surface area contributed by atoms with Crippen LogP contribution in [-0.2, 0) is 21.3 Å². The third-order valence-electron chi connectivity index (χ3n) is 5.71. The van der Waals surface area contributed by atoms with Crippen LogP contribution in [0.4, 0.5) is 35.2 Å². The molecule has 0 aliphatic carbocycles. The molecule has 1 fully saturated rings. The molecule has 0 atom stereocenters.